The van der Waals surface area contributed by atoms with Gasteiger partial charge in [0.15, 0.2) is 0 Å². The zero-order valence-electron chi connectivity index (χ0n) is 13.1. The molecule has 0 aliphatic rings. The first-order chi connectivity index (χ1) is 10.5. The van der Waals surface area contributed by atoms with E-state index in [1.165, 1.54) is 12.1 Å². The van der Waals surface area contributed by atoms with Gasteiger partial charge in [0.1, 0.15) is 5.69 Å². The molecule has 0 aliphatic carbocycles. The van der Waals surface area contributed by atoms with Crippen LogP contribution in [0, 0.1) is 10.1 Å². The molecule has 0 unspecified atom stereocenters. The van der Waals surface area contributed by atoms with Crippen LogP contribution in [0.15, 0.2) is 23.1 Å². The quantitative estimate of drug-likeness (QED) is 0.473. The molecule has 0 radical (unpaired) electrons. The summed E-state index contributed by atoms with van der Waals surface area (Å²) in [6, 6.07) is 2.76. The summed E-state index contributed by atoms with van der Waals surface area (Å²) in [5.74, 6) is -0.548. The minimum absolute atomic E-state index is 0.00783. The van der Waals surface area contributed by atoms with Crippen molar-refractivity contribution < 1.29 is 18.1 Å². The van der Waals surface area contributed by atoms with Crippen LogP contribution in [-0.4, -0.2) is 31.3 Å². The molecule has 0 saturated heterocycles. The van der Waals surface area contributed by atoms with Crippen molar-refractivity contribution >= 4 is 27.3 Å². The molecule has 128 valence electrons. The summed E-state index contributed by atoms with van der Waals surface area (Å²) in [4.78, 5) is 21.2. The third kappa shape index (κ3) is 5.49. The van der Waals surface area contributed by atoms with Crippen molar-refractivity contribution in [2.24, 2.45) is 5.73 Å². The van der Waals surface area contributed by atoms with Gasteiger partial charge in [-0.25, -0.2) is 13.1 Å². The Kier molecular flexibility index (Phi) is 6.05. The second-order valence-corrected chi connectivity index (χ2v) is 7.14. The van der Waals surface area contributed by atoms with Crippen molar-refractivity contribution in [1.82, 2.24) is 4.72 Å². The number of rotatable bonds is 8. The van der Waals surface area contributed by atoms with Crippen LogP contribution in [0.2, 0.25) is 0 Å². The summed E-state index contributed by atoms with van der Waals surface area (Å²) >= 11 is 0. The Morgan fingerprint density at radius 2 is 1.96 bits per heavy atom. The number of amides is 1. The van der Waals surface area contributed by atoms with Crippen LogP contribution in [0.3, 0.4) is 0 Å². The Bertz CT molecular complexity index is 702. The number of nitrogens with one attached hydrogen (secondary N) is 2. The molecule has 1 aromatic rings. The zero-order valence-corrected chi connectivity index (χ0v) is 13.9. The topological polar surface area (TPSA) is 144 Å². The van der Waals surface area contributed by atoms with Crippen LogP contribution in [-0.2, 0) is 14.8 Å². The molecule has 0 aromatic heterocycles. The number of nitrogens with zero attached hydrogens (tertiary/aromatic N) is 1. The van der Waals surface area contributed by atoms with Gasteiger partial charge >= 0.3 is 0 Å². The maximum atomic E-state index is 12.1. The number of sulfonamides is 1. The number of carbonyl (C=O) groups is 1. The standard InChI is InChI=1S/C13H20N4O5S/c1-8(2)16-23(21,22)10-4-5-11(12(7-10)17(19)20)15-9(3)6-13(14)18/h4-5,7-9,15-16H,6H2,1-3H3,(H2,14,18)/t9-/m1/s1. The lowest BCUT2D eigenvalue weighted by Gasteiger charge is -2.15. The van der Waals surface area contributed by atoms with E-state index >= 15 is 0 Å². The van der Waals surface area contributed by atoms with Crippen molar-refractivity contribution in [3.63, 3.8) is 0 Å². The van der Waals surface area contributed by atoms with Crippen molar-refractivity contribution in [3.8, 4) is 0 Å². The first kappa shape index (κ1) is 18.8. The lowest BCUT2D eigenvalue weighted by molar-refractivity contribution is -0.384. The average Bonchev–Trinajstić information content (AvgIpc) is 2.35. The number of nitrogens with two attached hydrogens (primary N) is 1. The summed E-state index contributed by atoms with van der Waals surface area (Å²) in [7, 11) is -3.84. The second kappa shape index (κ2) is 7.38. The van der Waals surface area contributed by atoms with Crippen LogP contribution in [0.4, 0.5) is 11.4 Å². The fraction of sp³-hybridized carbons (Fsp3) is 0.462. The molecule has 4 N–H and O–H groups in total. The van der Waals surface area contributed by atoms with E-state index in [0.717, 1.165) is 6.07 Å². The van der Waals surface area contributed by atoms with E-state index in [4.69, 9.17) is 5.73 Å². The van der Waals surface area contributed by atoms with Crippen LogP contribution in [0.1, 0.15) is 27.2 Å². The monoisotopic (exact) mass is 344 g/mol. The normalized spacial score (nSPS) is 12.9. The Labute approximate surface area is 134 Å². The number of carbonyl (C=O) groups excluding carboxylic acids is 1. The predicted molar refractivity (Wildman–Crippen MR) is 85.5 cm³/mol. The third-order valence-electron chi connectivity index (χ3n) is 2.78. The van der Waals surface area contributed by atoms with E-state index in [1.807, 2.05) is 0 Å². The van der Waals surface area contributed by atoms with E-state index in [0.29, 0.717) is 0 Å². The van der Waals surface area contributed by atoms with Crippen LogP contribution < -0.4 is 15.8 Å². The van der Waals surface area contributed by atoms with Gasteiger partial charge in [0, 0.05) is 24.6 Å². The Morgan fingerprint density at radius 3 is 2.43 bits per heavy atom. The van der Waals surface area contributed by atoms with E-state index in [9.17, 15) is 23.3 Å². The minimum Gasteiger partial charge on any atom is -0.377 e. The number of hydrogen-bond acceptors (Lipinski definition) is 6. The summed E-state index contributed by atoms with van der Waals surface area (Å²) < 4.78 is 26.5. The Morgan fingerprint density at radius 1 is 1.35 bits per heavy atom. The fourth-order valence-corrected chi connectivity index (χ4v) is 3.22. The summed E-state index contributed by atoms with van der Waals surface area (Å²) in [5.41, 5.74) is 4.79. The summed E-state index contributed by atoms with van der Waals surface area (Å²) in [5, 5.41) is 14.0. The molecule has 9 nitrogen and oxygen atoms in total. The first-order valence-corrected chi connectivity index (χ1v) is 8.37. The molecule has 0 bridgehead atoms. The molecule has 1 amide bonds. The van der Waals surface area contributed by atoms with Gasteiger partial charge in [-0.3, -0.25) is 14.9 Å². The Balaban J connectivity index is 3.17. The number of hydrogen-bond donors (Lipinski definition) is 3. The molecule has 0 aliphatic heterocycles. The van der Waals surface area contributed by atoms with Gasteiger partial charge in [-0.1, -0.05) is 0 Å². The largest absolute Gasteiger partial charge is 0.377 e. The highest BCUT2D eigenvalue weighted by molar-refractivity contribution is 7.89. The smallest absolute Gasteiger partial charge is 0.293 e. The molecular weight excluding hydrogens is 324 g/mol. The lowest BCUT2D eigenvalue weighted by Crippen LogP contribution is -2.30. The molecule has 1 atom stereocenters. The van der Waals surface area contributed by atoms with Gasteiger partial charge in [0.2, 0.25) is 15.9 Å². The van der Waals surface area contributed by atoms with Crippen LogP contribution in [0.5, 0.6) is 0 Å². The van der Waals surface area contributed by atoms with Crippen LogP contribution >= 0.6 is 0 Å². The number of benzene rings is 1. The zero-order chi connectivity index (χ0) is 17.8. The molecule has 10 heteroatoms. The number of primary amides is 1. The highest BCUT2D eigenvalue weighted by Gasteiger charge is 2.23. The lowest BCUT2D eigenvalue weighted by atomic mass is 10.2. The van der Waals surface area contributed by atoms with Gasteiger partial charge in [-0.15, -0.1) is 0 Å². The minimum atomic E-state index is -3.84. The summed E-state index contributed by atoms with van der Waals surface area (Å²) in [6.07, 6.45) is -0.00783. The summed E-state index contributed by atoms with van der Waals surface area (Å²) in [6.45, 7) is 4.93. The maximum absolute atomic E-state index is 12.1. The highest BCUT2D eigenvalue weighted by Crippen LogP contribution is 2.28. The van der Waals surface area contributed by atoms with Crippen molar-refractivity contribution in [1.29, 1.82) is 0 Å². The van der Waals surface area contributed by atoms with Gasteiger partial charge in [-0.05, 0) is 32.9 Å². The third-order valence-corrected chi connectivity index (χ3v) is 4.43. The predicted octanol–water partition coefficient (Wildman–Crippen LogP) is 0.957. The molecule has 0 fully saturated rings. The molecule has 0 heterocycles. The van der Waals surface area contributed by atoms with Gasteiger partial charge in [0.25, 0.3) is 5.69 Å². The molecule has 1 rings (SSSR count). The van der Waals surface area contributed by atoms with Crippen molar-refractivity contribution in [3.05, 3.63) is 28.3 Å². The highest BCUT2D eigenvalue weighted by atomic mass is 32.2. The second-order valence-electron chi connectivity index (χ2n) is 5.43. The van der Waals surface area contributed by atoms with E-state index in [-0.39, 0.29) is 23.0 Å². The molecular formula is C13H20N4O5S. The maximum Gasteiger partial charge on any atom is 0.293 e. The SMILES string of the molecule is CC(C)NS(=O)(=O)c1ccc(N[C@H](C)CC(N)=O)c([N+](=O)[O-])c1. The van der Waals surface area contributed by atoms with E-state index < -0.39 is 32.6 Å². The molecule has 0 spiro atoms. The number of nitro benzene ring substituents is 1. The number of nitro groups is 1. The van der Waals surface area contributed by atoms with Gasteiger partial charge in [-0.2, -0.15) is 0 Å². The van der Waals surface area contributed by atoms with Crippen LogP contribution in [0.25, 0.3) is 0 Å². The van der Waals surface area contributed by atoms with Crippen molar-refractivity contribution in [2.75, 3.05) is 5.32 Å². The number of anilines is 1. The first-order valence-electron chi connectivity index (χ1n) is 6.88. The van der Waals surface area contributed by atoms with Crippen molar-refractivity contribution in [2.45, 2.75) is 44.2 Å². The van der Waals surface area contributed by atoms with E-state index in [2.05, 4.69) is 10.0 Å². The molecule has 0 saturated carbocycles. The van der Waals surface area contributed by atoms with Gasteiger partial charge < -0.3 is 11.1 Å². The molecule has 1 aromatic carbocycles. The van der Waals surface area contributed by atoms with Gasteiger partial charge in [0.05, 0.1) is 9.82 Å². The molecule has 23 heavy (non-hydrogen) atoms. The Hall–Kier alpha value is -2.20. The van der Waals surface area contributed by atoms with E-state index in [1.54, 1.807) is 20.8 Å². The average molecular weight is 344 g/mol. The fourth-order valence-electron chi connectivity index (χ4n) is 1.95.